The Morgan fingerprint density at radius 1 is 1.62 bits per heavy atom. The van der Waals surface area contributed by atoms with E-state index in [1.54, 1.807) is 6.20 Å². The van der Waals surface area contributed by atoms with E-state index >= 15 is 0 Å². The second kappa shape index (κ2) is 3.22. The van der Waals surface area contributed by atoms with E-state index in [1.807, 2.05) is 6.07 Å². The minimum absolute atomic E-state index is 0.503. The monoisotopic (exact) mass is 192 g/mol. The summed E-state index contributed by atoms with van der Waals surface area (Å²) in [6.45, 7) is 2.08. The molecule has 3 nitrogen and oxygen atoms in total. The summed E-state index contributed by atoms with van der Waals surface area (Å²) in [6, 6.07) is 1.97. The molecule has 0 amide bonds. The highest BCUT2D eigenvalue weighted by atomic mass is 32.1. The molecule has 0 saturated heterocycles. The zero-order chi connectivity index (χ0) is 9.26. The molecule has 0 atom stereocenters. The van der Waals surface area contributed by atoms with E-state index in [-0.39, 0.29) is 0 Å². The number of pyridine rings is 1. The Morgan fingerprint density at radius 2 is 2.46 bits per heavy atom. The summed E-state index contributed by atoms with van der Waals surface area (Å²) in [4.78, 5) is 18.7. The van der Waals surface area contributed by atoms with Crippen molar-refractivity contribution in [1.29, 1.82) is 0 Å². The van der Waals surface area contributed by atoms with Crippen LogP contribution < -0.4 is 0 Å². The molecule has 0 aliphatic heterocycles. The first-order valence-corrected chi connectivity index (χ1v) is 4.86. The third-order valence-electron chi connectivity index (χ3n) is 1.87. The molecule has 4 heteroatoms. The van der Waals surface area contributed by atoms with Gasteiger partial charge in [0.15, 0.2) is 16.9 Å². The number of thiazole rings is 1. The summed E-state index contributed by atoms with van der Waals surface area (Å²) < 4.78 is 1.03. The quantitative estimate of drug-likeness (QED) is 0.684. The number of rotatable bonds is 2. The Kier molecular flexibility index (Phi) is 2.06. The highest BCUT2D eigenvalue weighted by molar-refractivity contribution is 7.20. The standard InChI is InChI=1S/C9H8N2OS/c1-2-6-3-4-10-9-8(6)13-7(5-12)11-9/h3-5H,2H2,1H3. The van der Waals surface area contributed by atoms with Crippen molar-refractivity contribution in [2.45, 2.75) is 13.3 Å². The Hall–Kier alpha value is -1.29. The molecule has 0 spiro atoms. The van der Waals surface area contributed by atoms with E-state index in [0.717, 1.165) is 17.4 Å². The van der Waals surface area contributed by atoms with Gasteiger partial charge in [-0.05, 0) is 18.1 Å². The van der Waals surface area contributed by atoms with Crippen LogP contribution in [0.1, 0.15) is 22.3 Å². The van der Waals surface area contributed by atoms with Gasteiger partial charge in [-0.25, -0.2) is 9.97 Å². The fourth-order valence-electron chi connectivity index (χ4n) is 1.23. The normalized spacial score (nSPS) is 10.5. The van der Waals surface area contributed by atoms with E-state index in [2.05, 4.69) is 16.9 Å². The summed E-state index contributed by atoms with van der Waals surface area (Å²) in [5.74, 6) is 0. The van der Waals surface area contributed by atoms with Crippen LogP contribution in [0.2, 0.25) is 0 Å². The maximum atomic E-state index is 10.5. The molecular formula is C9H8N2OS. The third-order valence-corrected chi connectivity index (χ3v) is 2.92. The average Bonchev–Trinajstić information content (AvgIpc) is 2.59. The molecule has 0 saturated carbocycles. The molecule has 0 N–H and O–H groups in total. The lowest BCUT2D eigenvalue weighted by atomic mass is 10.2. The van der Waals surface area contributed by atoms with Crippen LogP contribution in [0, 0.1) is 0 Å². The number of aldehydes is 1. The molecule has 2 aromatic rings. The van der Waals surface area contributed by atoms with Gasteiger partial charge in [0.1, 0.15) is 0 Å². The molecule has 2 rings (SSSR count). The van der Waals surface area contributed by atoms with Gasteiger partial charge in [0.2, 0.25) is 0 Å². The predicted octanol–water partition coefficient (Wildman–Crippen LogP) is 2.07. The second-order valence-electron chi connectivity index (χ2n) is 2.65. The van der Waals surface area contributed by atoms with Gasteiger partial charge in [-0.15, -0.1) is 11.3 Å². The third kappa shape index (κ3) is 1.33. The highest BCUT2D eigenvalue weighted by Crippen LogP contribution is 2.23. The van der Waals surface area contributed by atoms with Crippen molar-refractivity contribution < 1.29 is 4.79 Å². The first-order chi connectivity index (χ1) is 6.35. The van der Waals surface area contributed by atoms with Gasteiger partial charge < -0.3 is 0 Å². The minimum atomic E-state index is 0.503. The Labute approximate surface area is 79.4 Å². The average molecular weight is 192 g/mol. The Balaban J connectivity index is 2.74. The van der Waals surface area contributed by atoms with Crippen LogP contribution in [-0.2, 0) is 6.42 Å². The zero-order valence-electron chi connectivity index (χ0n) is 7.15. The number of fused-ring (bicyclic) bond motifs is 1. The van der Waals surface area contributed by atoms with Crippen LogP contribution in [-0.4, -0.2) is 16.3 Å². The van der Waals surface area contributed by atoms with Crippen molar-refractivity contribution in [3.8, 4) is 0 Å². The van der Waals surface area contributed by atoms with Crippen LogP contribution in [0.3, 0.4) is 0 Å². The number of nitrogens with zero attached hydrogens (tertiary/aromatic N) is 2. The second-order valence-corrected chi connectivity index (χ2v) is 3.68. The first kappa shape index (κ1) is 8.31. The van der Waals surface area contributed by atoms with Crippen LogP contribution in [0.4, 0.5) is 0 Å². The Morgan fingerprint density at radius 3 is 3.15 bits per heavy atom. The van der Waals surface area contributed by atoms with E-state index in [1.165, 1.54) is 16.9 Å². The van der Waals surface area contributed by atoms with Crippen molar-refractivity contribution in [3.05, 3.63) is 22.8 Å². The Bertz CT molecular complexity index is 450. The molecule has 0 bridgehead atoms. The van der Waals surface area contributed by atoms with Gasteiger partial charge in [-0.2, -0.15) is 0 Å². The number of hydrogen-bond acceptors (Lipinski definition) is 4. The number of aromatic nitrogens is 2. The summed E-state index contributed by atoms with van der Waals surface area (Å²) in [7, 11) is 0. The van der Waals surface area contributed by atoms with Gasteiger partial charge >= 0.3 is 0 Å². The molecule has 0 aliphatic rings. The fraction of sp³-hybridized carbons (Fsp3) is 0.222. The number of carbonyl (C=O) groups is 1. The predicted molar refractivity (Wildman–Crippen MR) is 52.2 cm³/mol. The van der Waals surface area contributed by atoms with Crippen molar-refractivity contribution in [2.24, 2.45) is 0 Å². The van der Waals surface area contributed by atoms with E-state index in [9.17, 15) is 4.79 Å². The van der Waals surface area contributed by atoms with E-state index in [0.29, 0.717) is 10.7 Å². The van der Waals surface area contributed by atoms with Gasteiger partial charge in [0, 0.05) is 6.20 Å². The van der Waals surface area contributed by atoms with Crippen LogP contribution in [0.25, 0.3) is 10.3 Å². The first-order valence-electron chi connectivity index (χ1n) is 4.04. The SMILES string of the molecule is CCc1ccnc2nc(C=O)sc12. The summed E-state index contributed by atoms with van der Waals surface area (Å²) in [6.07, 6.45) is 3.45. The van der Waals surface area contributed by atoms with Gasteiger partial charge in [-0.3, -0.25) is 4.79 Å². The number of aryl methyl sites for hydroxylation is 1. The maximum absolute atomic E-state index is 10.5. The largest absolute Gasteiger partial charge is 0.295 e. The molecule has 0 unspecified atom stereocenters. The van der Waals surface area contributed by atoms with E-state index in [4.69, 9.17) is 0 Å². The van der Waals surface area contributed by atoms with Crippen molar-refractivity contribution in [1.82, 2.24) is 9.97 Å². The van der Waals surface area contributed by atoms with Crippen LogP contribution in [0.15, 0.2) is 12.3 Å². The molecule has 0 aromatic carbocycles. The van der Waals surface area contributed by atoms with Crippen LogP contribution >= 0.6 is 11.3 Å². The lowest BCUT2D eigenvalue weighted by Crippen LogP contribution is -1.82. The molecule has 0 radical (unpaired) electrons. The minimum Gasteiger partial charge on any atom is -0.295 e. The molecule has 13 heavy (non-hydrogen) atoms. The van der Waals surface area contributed by atoms with Gasteiger partial charge in [-0.1, -0.05) is 6.92 Å². The fourth-order valence-corrected chi connectivity index (χ4v) is 2.15. The van der Waals surface area contributed by atoms with Gasteiger partial charge in [0.25, 0.3) is 0 Å². The van der Waals surface area contributed by atoms with Crippen LogP contribution in [0.5, 0.6) is 0 Å². The van der Waals surface area contributed by atoms with Gasteiger partial charge in [0.05, 0.1) is 4.70 Å². The lowest BCUT2D eigenvalue weighted by molar-refractivity contribution is 0.112. The lowest BCUT2D eigenvalue weighted by Gasteiger charge is -1.94. The van der Waals surface area contributed by atoms with Crippen molar-refractivity contribution >= 4 is 28.0 Å². The van der Waals surface area contributed by atoms with E-state index < -0.39 is 0 Å². The molecule has 66 valence electrons. The number of hydrogen-bond donors (Lipinski definition) is 0. The zero-order valence-corrected chi connectivity index (χ0v) is 7.97. The summed E-state index contributed by atoms with van der Waals surface area (Å²) in [5, 5.41) is 0.503. The maximum Gasteiger partial charge on any atom is 0.178 e. The molecule has 2 aromatic heterocycles. The topological polar surface area (TPSA) is 42.9 Å². The summed E-state index contributed by atoms with van der Waals surface area (Å²) >= 11 is 1.41. The van der Waals surface area contributed by atoms with Crippen molar-refractivity contribution in [2.75, 3.05) is 0 Å². The molecule has 0 fully saturated rings. The smallest absolute Gasteiger partial charge is 0.178 e. The molecule has 2 heterocycles. The highest BCUT2D eigenvalue weighted by Gasteiger charge is 2.06. The molecule has 0 aliphatic carbocycles. The van der Waals surface area contributed by atoms with Crippen molar-refractivity contribution in [3.63, 3.8) is 0 Å². The summed E-state index contributed by atoms with van der Waals surface area (Å²) in [5.41, 5.74) is 1.89. The molecular weight excluding hydrogens is 184 g/mol. The number of carbonyl (C=O) groups excluding carboxylic acids is 1.